The number of alkyl carbamates (subject to hydrolysis) is 1. The Balaban J connectivity index is 2.39. The fourth-order valence-corrected chi connectivity index (χ4v) is 3.11. The van der Waals surface area contributed by atoms with Crippen molar-refractivity contribution in [3.63, 3.8) is 0 Å². The van der Waals surface area contributed by atoms with Crippen molar-refractivity contribution < 1.29 is 19.1 Å². The minimum Gasteiger partial charge on any atom is -0.444 e. The molecule has 0 aliphatic carbocycles. The highest BCUT2D eigenvalue weighted by Crippen LogP contribution is 2.31. The molecule has 0 unspecified atom stereocenters. The van der Waals surface area contributed by atoms with Gasteiger partial charge in [0, 0.05) is 5.88 Å². The van der Waals surface area contributed by atoms with Crippen molar-refractivity contribution in [2.75, 3.05) is 5.88 Å². The number of ether oxygens (including phenoxy) is 2. The minimum atomic E-state index is -0.707. The molecule has 1 N–H and O–H groups in total. The molecule has 0 saturated carbocycles. The Hall–Kier alpha value is -2.28. The molecule has 1 aliphatic rings. The third-order valence-electron chi connectivity index (χ3n) is 3.93. The zero-order valence-corrected chi connectivity index (χ0v) is 18.6. The van der Waals surface area contributed by atoms with Crippen LogP contribution in [0, 0.1) is 0 Å². The van der Waals surface area contributed by atoms with Gasteiger partial charge in [0.05, 0.1) is 12.1 Å². The number of benzene rings is 1. The Morgan fingerprint density at radius 2 is 1.69 bits per heavy atom. The quantitative estimate of drug-likeness (QED) is 0.689. The summed E-state index contributed by atoms with van der Waals surface area (Å²) in [4.78, 5) is 31.2. The lowest BCUT2D eigenvalue weighted by Gasteiger charge is -2.38. The maximum Gasteiger partial charge on any atom is 0.417 e. The van der Waals surface area contributed by atoms with Crippen LogP contribution < -0.4 is 5.32 Å². The number of hydrogen-bond donors (Lipinski definition) is 1. The predicted molar refractivity (Wildman–Crippen MR) is 113 cm³/mol. The van der Waals surface area contributed by atoms with E-state index in [4.69, 9.17) is 21.1 Å². The first-order valence-electron chi connectivity index (χ1n) is 9.60. The van der Waals surface area contributed by atoms with Gasteiger partial charge in [0.15, 0.2) is 0 Å². The molecule has 1 heterocycles. The van der Waals surface area contributed by atoms with Gasteiger partial charge in [-0.3, -0.25) is 5.32 Å². The largest absolute Gasteiger partial charge is 0.444 e. The summed E-state index contributed by atoms with van der Waals surface area (Å²) in [5.41, 5.74) is -0.433. The maximum absolute atomic E-state index is 12.9. The molecule has 0 aromatic heterocycles. The number of nitrogens with zero attached hydrogens (tertiary/aromatic N) is 2. The number of alkyl halides is 1. The summed E-state index contributed by atoms with van der Waals surface area (Å²) in [5, 5.41) is 2.61. The van der Waals surface area contributed by atoms with E-state index in [2.05, 4.69) is 10.3 Å². The van der Waals surface area contributed by atoms with Crippen LogP contribution in [-0.2, 0) is 9.47 Å². The molecular formula is C21H30ClN3O4. The Kier molecular flexibility index (Phi) is 7.16. The van der Waals surface area contributed by atoms with Crippen LogP contribution >= 0.6 is 11.6 Å². The molecule has 0 fully saturated rings. The molecule has 2 atom stereocenters. The number of amides is 2. The average Bonchev–Trinajstić information content (AvgIpc) is 2.58. The summed E-state index contributed by atoms with van der Waals surface area (Å²) in [6, 6.07) is 9.00. The molecule has 0 saturated heterocycles. The van der Waals surface area contributed by atoms with E-state index >= 15 is 0 Å². The van der Waals surface area contributed by atoms with Gasteiger partial charge >= 0.3 is 12.2 Å². The number of hydrogen-bond acceptors (Lipinski definition) is 5. The zero-order chi connectivity index (χ0) is 21.8. The smallest absolute Gasteiger partial charge is 0.417 e. The molecule has 1 aromatic carbocycles. The highest BCUT2D eigenvalue weighted by molar-refractivity contribution is 6.18. The highest BCUT2D eigenvalue weighted by Gasteiger charge is 2.38. The van der Waals surface area contributed by atoms with E-state index < -0.39 is 29.4 Å². The second-order valence-electron chi connectivity index (χ2n) is 8.90. The number of halogens is 1. The second kappa shape index (κ2) is 9.03. The lowest BCUT2D eigenvalue weighted by atomic mass is 9.98. The Morgan fingerprint density at radius 3 is 2.21 bits per heavy atom. The third kappa shape index (κ3) is 6.92. The highest BCUT2D eigenvalue weighted by atomic mass is 35.5. The molecule has 160 valence electrons. The molecule has 0 radical (unpaired) electrons. The molecule has 1 aliphatic heterocycles. The lowest BCUT2D eigenvalue weighted by Crippen LogP contribution is -2.56. The number of carbonyl (C=O) groups excluding carboxylic acids is 2. The van der Waals surface area contributed by atoms with Gasteiger partial charge in [-0.2, -0.15) is 0 Å². The zero-order valence-electron chi connectivity index (χ0n) is 17.9. The first kappa shape index (κ1) is 23.0. The topological polar surface area (TPSA) is 80.2 Å². The summed E-state index contributed by atoms with van der Waals surface area (Å²) in [7, 11) is 0. The number of rotatable bonds is 2. The summed E-state index contributed by atoms with van der Waals surface area (Å²) >= 11 is 6.20. The second-order valence-corrected chi connectivity index (χ2v) is 9.21. The van der Waals surface area contributed by atoms with Crippen molar-refractivity contribution >= 4 is 29.7 Å². The van der Waals surface area contributed by atoms with Crippen LogP contribution in [0.2, 0.25) is 0 Å². The summed E-state index contributed by atoms with van der Waals surface area (Å²) in [5.74, 6) is 0.233. The normalized spacial score (nSPS) is 20.0. The van der Waals surface area contributed by atoms with E-state index in [1.54, 1.807) is 41.5 Å². The predicted octanol–water partition coefficient (Wildman–Crippen LogP) is 4.86. The van der Waals surface area contributed by atoms with Crippen molar-refractivity contribution in [2.24, 2.45) is 4.99 Å². The van der Waals surface area contributed by atoms with Gasteiger partial charge in [-0.1, -0.05) is 30.3 Å². The van der Waals surface area contributed by atoms with Gasteiger partial charge in [0.25, 0.3) is 0 Å². The molecule has 7 nitrogen and oxygen atoms in total. The van der Waals surface area contributed by atoms with Crippen LogP contribution in [0.5, 0.6) is 0 Å². The van der Waals surface area contributed by atoms with Gasteiger partial charge in [-0.25, -0.2) is 19.5 Å². The average molecular weight is 424 g/mol. The molecule has 0 spiro atoms. The van der Waals surface area contributed by atoms with Crippen LogP contribution in [0.3, 0.4) is 0 Å². The van der Waals surface area contributed by atoms with Gasteiger partial charge in [0.1, 0.15) is 11.2 Å². The van der Waals surface area contributed by atoms with Crippen molar-refractivity contribution in [2.45, 2.75) is 71.2 Å². The fourth-order valence-electron chi connectivity index (χ4n) is 2.85. The van der Waals surface area contributed by atoms with Crippen molar-refractivity contribution in [3.05, 3.63) is 35.9 Å². The lowest BCUT2D eigenvalue weighted by molar-refractivity contribution is 0.0288. The minimum absolute atomic E-state index is 0.0688. The standard InChI is InChI=1S/C21H30ClN3O4/c1-20(2,3)28-18(26)24-17-23-16(14-10-8-7-9-11-14)12-15(13-22)25(17)19(27)29-21(4,5)6/h7-11,15-16H,12-13H2,1-6H3,(H,23,24,26)/t15-,16-/m0/s1. The molecule has 29 heavy (non-hydrogen) atoms. The van der Waals surface area contributed by atoms with E-state index in [0.717, 1.165) is 5.56 Å². The Labute approximate surface area is 177 Å². The van der Waals surface area contributed by atoms with Gasteiger partial charge in [0.2, 0.25) is 5.96 Å². The molecule has 2 amide bonds. The fraction of sp³-hybridized carbons (Fsp3) is 0.571. The maximum atomic E-state index is 12.9. The summed E-state index contributed by atoms with van der Waals surface area (Å²) in [6.45, 7) is 10.6. The Bertz CT molecular complexity index is 753. The SMILES string of the molecule is CC(C)(C)OC(=O)NC1=N[C@H](c2ccccc2)C[C@@H](CCl)N1C(=O)OC(C)(C)C. The summed E-state index contributed by atoms with van der Waals surface area (Å²) < 4.78 is 10.9. The first-order chi connectivity index (χ1) is 13.4. The molecule has 2 rings (SSSR count). The van der Waals surface area contributed by atoms with E-state index in [1.165, 1.54) is 4.90 Å². The van der Waals surface area contributed by atoms with Crippen molar-refractivity contribution in [1.29, 1.82) is 0 Å². The Morgan fingerprint density at radius 1 is 1.10 bits per heavy atom. The van der Waals surface area contributed by atoms with Crippen LogP contribution in [0.25, 0.3) is 0 Å². The number of guanidine groups is 1. The number of aliphatic imine (C=N–C) groups is 1. The van der Waals surface area contributed by atoms with Crippen LogP contribution in [-0.4, -0.2) is 46.2 Å². The van der Waals surface area contributed by atoms with Crippen LogP contribution in [0.1, 0.15) is 59.6 Å². The molecule has 8 heteroatoms. The summed E-state index contributed by atoms with van der Waals surface area (Å²) in [6.07, 6.45) is -0.817. The van der Waals surface area contributed by atoms with E-state index in [0.29, 0.717) is 6.42 Å². The monoisotopic (exact) mass is 423 g/mol. The van der Waals surface area contributed by atoms with Gasteiger partial charge in [-0.15, -0.1) is 11.6 Å². The van der Waals surface area contributed by atoms with Crippen molar-refractivity contribution in [3.8, 4) is 0 Å². The van der Waals surface area contributed by atoms with E-state index in [9.17, 15) is 9.59 Å². The van der Waals surface area contributed by atoms with E-state index in [-0.39, 0.29) is 17.9 Å². The number of nitrogens with one attached hydrogen (secondary N) is 1. The van der Waals surface area contributed by atoms with Crippen LogP contribution in [0.4, 0.5) is 9.59 Å². The van der Waals surface area contributed by atoms with Gasteiger partial charge in [-0.05, 0) is 53.5 Å². The number of carbonyl (C=O) groups is 2. The van der Waals surface area contributed by atoms with Crippen LogP contribution in [0.15, 0.2) is 35.3 Å². The van der Waals surface area contributed by atoms with Crippen molar-refractivity contribution in [1.82, 2.24) is 10.2 Å². The third-order valence-corrected chi connectivity index (χ3v) is 4.29. The molecule has 1 aromatic rings. The van der Waals surface area contributed by atoms with E-state index in [1.807, 2.05) is 30.3 Å². The first-order valence-corrected chi connectivity index (χ1v) is 10.1. The van der Waals surface area contributed by atoms with Gasteiger partial charge < -0.3 is 9.47 Å². The molecule has 0 bridgehead atoms. The molecular weight excluding hydrogens is 394 g/mol.